The highest BCUT2D eigenvalue weighted by molar-refractivity contribution is 6.32. The molecular weight excluding hydrogens is 304 g/mol. The summed E-state index contributed by atoms with van der Waals surface area (Å²) in [4.78, 5) is 14.2. The lowest BCUT2D eigenvalue weighted by atomic mass is 10.2. The monoisotopic (exact) mass is 322 g/mol. The third kappa shape index (κ3) is 4.02. The standard InChI is InChI=1S/C16H19ClN2O3/c1-11(19(2)10-13-5-4-8-22-13)16(20)18-12-6-7-15(21-3)14(17)9-12/h4-9,11H,10H2,1-3H3,(H,18,20)/t11-/m1/s1. The first-order chi connectivity index (χ1) is 10.5. The number of amides is 1. The van der Waals surface area contributed by atoms with E-state index in [2.05, 4.69) is 5.32 Å². The normalized spacial score (nSPS) is 12.2. The number of carbonyl (C=O) groups excluding carboxylic acids is 1. The van der Waals surface area contributed by atoms with E-state index in [9.17, 15) is 4.79 Å². The van der Waals surface area contributed by atoms with Crippen molar-refractivity contribution in [1.82, 2.24) is 4.90 Å². The molecule has 0 bridgehead atoms. The SMILES string of the molecule is COc1ccc(NC(=O)[C@@H](C)N(C)Cc2ccco2)cc1Cl. The molecule has 0 aliphatic heterocycles. The van der Waals surface area contributed by atoms with Crippen LogP contribution < -0.4 is 10.1 Å². The maximum atomic E-state index is 12.3. The Labute approximate surface area is 134 Å². The molecule has 2 aromatic rings. The van der Waals surface area contributed by atoms with Gasteiger partial charge < -0.3 is 14.5 Å². The number of methoxy groups -OCH3 is 1. The third-order valence-electron chi connectivity index (χ3n) is 3.45. The van der Waals surface area contributed by atoms with Gasteiger partial charge in [0, 0.05) is 5.69 Å². The molecule has 0 aliphatic carbocycles. The van der Waals surface area contributed by atoms with Crippen LogP contribution in [0.3, 0.4) is 0 Å². The number of hydrogen-bond donors (Lipinski definition) is 1. The Bertz CT molecular complexity index is 628. The lowest BCUT2D eigenvalue weighted by Crippen LogP contribution is -2.39. The second-order valence-electron chi connectivity index (χ2n) is 5.01. The predicted molar refractivity (Wildman–Crippen MR) is 86.3 cm³/mol. The van der Waals surface area contributed by atoms with Gasteiger partial charge in [-0.15, -0.1) is 0 Å². The van der Waals surface area contributed by atoms with Gasteiger partial charge >= 0.3 is 0 Å². The maximum absolute atomic E-state index is 12.3. The number of carbonyl (C=O) groups is 1. The van der Waals surface area contributed by atoms with Gasteiger partial charge in [0.05, 0.1) is 31.0 Å². The van der Waals surface area contributed by atoms with E-state index in [0.29, 0.717) is 23.0 Å². The summed E-state index contributed by atoms with van der Waals surface area (Å²) in [6.45, 7) is 2.40. The third-order valence-corrected chi connectivity index (χ3v) is 3.74. The molecule has 118 valence electrons. The van der Waals surface area contributed by atoms with Crippen molar-refractivity contribution in [2.75, 3.05) is 19.5 Å². The van der Waals surface area contributed by atoms with Crippen molar-refractivity contribution in [3.8, 4) is 5.75 Å². The molecular formula is C16H19ClN2O3. The van der Waals surface area contributed by atoms with Crippen molar-refractivity contribution in [2.45, 2.75) is 19.5 Å². The van der Waals surface area contributed by atoms with Gasteiger partial charge in [-0.3, -0.25) is 9.69 Å². The number of nitrogens with one attached hydrogen (secondary N) is 1. The van der Waals surface area contributed by atoms with Crippen LogP contribution in [0.2, 0.25) is 5.02 Å². The van der Waals surface area contributed by atoms with Gasteiger partial charge in [-0.2, -0.15) is 0 Å². The van der Waals surface area contributed by atoms with Crippen molar-refractivity contribution >= 4 is 23.2 Å². The molecule has 0 saturated heterocycles. The molecule has 6 heteroatoms. The Balaban J connectivity index is 1.97. The smallest absolute Gasteiger partial charge is 0.241 e. The molecule has 1 heterocycles. The molecule has 0 fully saturated rings. The highest BCUT2D eigenvalue weighted by atomic mass is 35.5. The lowest BCUT2D eigenvalue weighted by molar-refractivity contribution is -0.120. The number of halogens is 1. The summed E-state index contributed by atoms with van der Waals surface area (Å²) in [5.41, 5.74) is 0.633. The Hall–Kier alpha value is -1.98. The second-order valence-corrected chi connectivity index (χ2v) is 5.42. The minimum absolute atomic E-state index is 0.115. The number of nitrogens with zero attached hydrogens (tertiary/aromatic N) is 1. The lowest BCUT2D eigenvalue weighted by Gasteiger charge is -2.23. The summed E-state index contributed by atoms with van der Waals surface area (Å²) in [6.07, 6.45) is 1.62. The molecule has 0 spiro atoms. The molecule has 5 nitrogen and oxygen atoms in total. The van der Waals surface area contributed by atoms with Gasteiger partial charge in [0.25, 0.3) is 0 Å². The first-order valence-corrected chi connectivity index (χ1v) is 7.26. The average molecular weight is 323 g/mol. The van der Waals surface area contributed by atoms with E-state index < -0.39 is 0 Å². The van der Waals surface area contributed by atoms with Crippen molar-refractivity contribution in [1.29, 1.82) is 0 Å². The van der Waals surface area contributed by atoms with Crippen molar-refractivity contribution in [3.05, 3.63) is 47.4 Å². The van der Waals surface area contributed by atoms with Crippen LogP contribution in [-0.2, 0) is 11.3 Å². The second kappa shape index (κ2) is 7.33. The number of likely N-dealkylation sites (N-methyl/N-ethyl adjacent to an activating group) is 1. The molecule has 1 atom stereocenters. The number of rotatable bonds is 6. The van der Waals surface area contributed by atoms with E-state index in [-0.39, 0.29) is 11.9 Å². The summed E-state index contributed by atoms with van der Waals surface area (Å²) in [5, 5.41) is 3.30. The summed E-state index contributed by atoms with van der Waals surface area (Å²) in [6, 6.07) is 8.53. The summed E-state index contributed by atoms with van der Waals surface area (Å²) < 4.78 is 10.4. The van der Waals surface area contributed by atoms with Gasteiger partial charge in [-0.1, -0.05) is 11.6 Å². The van der Waals surface area contributed by atoms with Crippen LogP contribution in [0.4, 0.5) is 5.69 Å². The number of hydrogen-bond acceptors (Lipinski definition) is 4. The van der Waals surface area contributed by atoms with Crippen LogP contribution in [0.5, 0.6) is 5.75 Å². The van der Waals surface area contributed by atoms with Gasteiger partial charge in [0.2, 0.25) is 5.91 Å². The van der Waals surface area contributed by atoms with E-state index in [0.717, 1.165) is 5.76 Å². The summed E-state index contributed by atoms with van der Waals surface area (Å²) >= 11 is 6.05. The van der Waals surface area contributed by atoms with Crippen molar-refractivity contribution in [3.63, 3.8) is 0 Å². The Morgan fingerprint density at radius 2 is 2.23 bits per heavy atom. The molecule has 22 heavy (non-hydrogen) atoms. The highest BCUT2D eigenvalue weighted by Gasteiger charge is 2.19. The Morgan fingerprint density at radius 3 is 2.82 bits per heavy atom. The molecule has 0 saturated carbocycles. The van der Waals surface area contributed by atoms with E-state index in [4.69, 9.17) is 20.8 Å². The zero-order valence-electron chi connectivity index (χ0n) is 12.8. The molecule has 0 radical (unpaired) electrons. The molecule has 1 N–H and O–H groups in total. The summed E-state index contributed by atoms with van der Waals surface area (Å²) in [7, 11) is 3.42. The summed E-state index contributed by atoms with van der Waals surface area (Å²) in [5.74, 6) is 1.27. The fourth-order valence-corrected chi connectivity index (χ4v) is 2.23. The van der Waals surface area contributed by atoms with Crippen molar-refractivity contribution in [2.24, 2.45) is 0 Å². The predicted octanol–water partition coefficient (Wildman–Crippen LogP) is 3.40. The van der Waals surface area contributed by atoms with E-state index >= 15 is 0 Å². The number of ether oxygens (including phenoxy) is 1. The van der Waals surface area contributed by atoms with E-state index in [1.54, 1.807) is 31.6 Å². The number of furan rings is 1. The topological polar surface area (TPSA) is 54.7 Å². The van der Waals surface area contributed by atoms with Crippen LogP contribution in [0.25, 0.3) is 0 Å². The van der Waals surface area contributed by atoms with Crippen LogP contribution in [-0.4, -0.2) is 31.0 Å². The molecule has 0 unspecified atom stereocenters. The van der Waals surface area contributed by atoms with Crippen LogP contribution >= 0.6 is 11.6 Å². The van der Waals surface area contributed by atoms with Gasteiger partial charge in [0.1, 0.15) is 11.5 Å². The quantitative estimate of drug-likeness (QED) is 0.885. The molecule has 1 amide bonds. The van der Waals surface area contributed by atoms with E-state index in [1.807, 2.05) is 31.0 Å². The number of anilines is 1. The largest absolute Gasteiger partial charge is 0.495 e. The molecule has 1 aromatic heterocycles. The molecule has 2 rings (SSSR count). The minimum Gasteiger partial charge on any atom is -0.495 e. The zero-order chi connectivity index (χ0) is 16.1. The van der Waals surface area contributed by atoms with Gasteiger partial charge in [0.15, 0.2) is 0 Å². The fourth-order valence-electron chi connectivity index (χ4n) is 1.98. The Kier molecular flexibility index (Phi) is 5.46. The minimum atomic E-state index is -0.314. The molecule has 1 aromatic carbocycles. The van der Waals surface area contributed by atoms with Gasteiger partial charge in [-0.25, -0.2) is 0 Å². The van der Waals surface area contributed by atoms with Crippen LogP contribution in [0.1, 0.15) is 12.7 Å². The van der Waals surface area contributed by atoms with Crippen LogP contribution in [0.15, 0.2) is 41.0 Å². The molecule has 0 aliphatic rings. The number of benzene rings is 1. The van der Waals surface area contributed by atoms with Crippen LogP contribution in [0, 0.1) is 0 Å². The maximum Gasteiger partial charge on any atom is 0.241 e. The highest BCUT2D eigenvalue weighted by Crippen LogP contribution is 2.27. The fraction of sp³-hybridized carbons (Fsp3) is 0.312. The first-order valence-electron chi connectivity index (χ1n) is 6.88. The first kappa shape index (κ1) is 16.4. The van der Waals surface area contributed by atoms with Crippen molar-refractivity contribution < 1.29 is 13.9 Å². The Morgan fingerprint density at radius 1 is 1.45 bits per heavy atom. The van der Waals surface area contributed by atoms with E-state index in [1.165, 1.54) is 0 Å². The zero-order valence-corrected chi connectivity index (χ0v) is 13.6. The van der Waals surface area contributed by atoms with Gasteiger partial charge in [-0.05, 0) is 44.3 Å². The average Bonchev–Trinajstić information content (AvgIpc) is 2.99.